The highest BCUT2D eigenvalue weighted by Gasteiger charge is 2.56. The Morgan fingerprint density at radius 1 is 0.339 bits per heavy atom. The lowest BCUT2D eigenvalue weighted by Crippen LogP contribution is -2.68. The van der Waals surface area contributed by atoms with Gasteiger partial charge >= 0.3 is 42.9 Å². The van der Waals surface area contributed by atoms with E-state index in [2.05, 4.69) is 25.5 Å². The first-order valence-corrected chi connectivity index (χ1v) is 41.7. The quantitative estimate of drug-likeness (QED) is 0.0199. The number of carboxylic acids is 2. The lowest BCUT2D eigenvalue weighted by atomic mass is 9.95. The molecule has 48 nitrogen and oxygen atoms in total. The fourth-order valence-corrected chi connectivity index (χ4v) is 12.9. The number of amides is 4. The summed E-state index contributed by atoms with van der Waals surface area (Å²) in [6, 6.07) is -4.00. The van der Waals surface area contributed by atoms with E-state index >= 15 is 0 Å². The molecule has 51 heteroatoms. The molecule has 0 radical (unpaired) electrons. The lowest BCUT2D eigenvalue weighted by Gasteiger charge is -2.46. The van der Waals surface area contributed by atoms with E-state index in [9.17, 15) is 114 Å². The first-order chi connectivity index (χ1) is 54.6. The standard InChI is InChI=1S/C64H116N6O42S3/c1-2-39-47(75)49(77)45(69-113(87,88)89)61(107-39)109-55-51(79)53(81)63(111-57(55)59(83)84)104-22-9-5-3-7-16-65-41(71)14-26-98-30-34-102-36-32-100-28-18-67-43(73)12-24-96-20-11-21-97-25-13-44(74)68-19-29-101-33-37-103-35-31-99-27-15-42(72)66-17-8-4-6-10-23-105-64-54(82)52(80)56(58(112-64)60(85)86)110-62-46(70-114(90,91)92)50(78)48(76)40(108-62)38-106-115(93,94)95/h39-40,45-58,61-64,69-70,75-82H,2-38H2,1H3,(H,65,71)(H,66,72)(H,67,73)(H,68,74)(H,83,84)(H,85,86)(H,87,88,89)(H,90,91,92)(H,93,94,95). The highest BCUT2D eigenvalue weighted by Crippen LogP contribution is 2.33. The maximum Gasteiger partial charge on any atom is 0.397 e. The van der Waals surface area contributed by atoms with Gasteiger partial charge in [-0.2, -0.15) is 34.7 Å². The van der Waals surface area contributed by atoms with Gasteiger partial charge in [0.2, 0.25) is 23.6 Å². The van der Waals surface area contributed by atoms with Gasteiger partial charge in [-0.15, -0.1) is 0 Å². The zero-order valence-electron chi connectivity index (χ0n) is 63.6. The van der Waals surface area contributed by atoms with Gasteiger partial charge in [0.25, 0.3) is 0 Å². The van der Waals surface area contributed by atoms with Crippen LogP contribution in [0.25, 0.3) is 0 Å². The second-order valence-electron chi connectivity index (χ2n) is 26.3. The Morgan fingerprint density at radius 2 is 0.661 bits per heavy atom. The van der Waals surface area contributed by atoms with Crippen molar-refractivity contribution in [3.63, 3.8) is 0 Å². The zero-order chi connectivity index (χ0) is 84.9. The lowest BCUT2D eigenvalue weighted by molar-refractivity contribution is -0.340. The minimum atomic E-state index is -5.20. The Balaban J connectivity index is 0.844. The average Bonchev–Trinajstić information content (AvgIpc) is 0.776. The van der Waals surface area contributed by atoms with E-state index in [0.717, 1.165) is 0 Å². The Bertz CT molecular complexity index is 3130. The number of aliphatic hydroxyl groups is 8. The van der Waals surface area contributed by atoms with Crippen LogP contribution in [0.1, 0.15) is 96.8 Å². The molecule has 0 aromatic heterocycles. The van der Waals surface area contributed by atoms with E-state index in [0.29, 0.717) is 110 Å². The first-order valence-electron chi connectivity index (χ1n) is 37.5. The molecule has 0 aliphatic carbocycles. The second kappa shape index (κ2) is 56.1. The summed E-state index contributed by atoms with van der Waals surface area (Å²) in [6.45, 7) is 5.83. The molecular formula is C64H116N6O42S3. The summed E-state index contributed by atoms with van der Waals surface area (Å²) < 4.78 is 191. The molecule has 4 aliphatic heterocycles. The van der Waals surface area contributed by atoms with E-state index in [1.165, 1.54) is 4.72 Å². The minimum absolute atomic E-state index is 0.0104. The third kappa shape index (κ3) is 42.0. The molecule has 4 amide bonds. The van der Waals surface area contributed by atoms with Crippen LogP contribution in [0, 0.1) is 0 Å². The SMILES string of the molecule is CCC1OC(OC2C(C(=O)O)OC(OCCCCCCNC(=O)CCOCCOCCOCCNC(=O)CCOCCCOCCC(=O)NCCOCCOCCOCCC(=O)NCCCCCCOC3OC(C(=O)O)C(OC4OC(COS(=O)(=O)O)C(O)C(O)C4NS(=O)(=O)O)C(O)C3O)C(O)C2O)C(NS(=O)(=O)O)C(O)C1O. The second-order valence-corrected chi connectivity index (χ2v) is 29.8. The van der Waals surface area contributed by atoms with Gasteiger partial charge in [0.1, 0.15) is 79.2 Å². The van der Waals surface area contributed by atoms with Crippen LogP contribution in [0.5, 0.6) is 0 Å². The number of ether oxygens (including phenoxy) is 16. The normalized spacial score (nSPS) is 28.1. The van der Waals surface area contributed by atoms with E-state index in [4.69, 9.17) is 80.3 Å². The predicted octanol–water partition coefficient (Wildman–Crippen LogP) is -7.83. The number of carbonyl (C=O) groups is 6. The number of rotatable bonds is 64. The Labute approximate surface area is 664 Å². The van der Waals surface area contributed by atoms with Gasteiger partial charge in [0.15, 0.2) is 37.4 Å². The number of nitrogens with one attached hydrogen (secondary N) is 6. The van der Waals surface area contributed by atoms with Crippen molar-refractivity contribution in [3.8, 4) is 0 Å². The largest absolute Gasteiger partial charge is 0.479 e. The Hall–Kier alpha value is -4.53. The molecular weight excluding hydrogens is 1620 g/mol. The van der Waals surface area contributed by atoms with E-state index in [-0.39, 0.29) is 148 Å². The number of hydrogen-bond acceptors (Lipinski definition) is 37. The molecule has 4 rings (SSSR count). The maximum absolute atomic E-state index is 12.2. The van der Waals surface area contributed by atoms with Crippen LogP contribution in [0.2, 0.25) is 0 Å². The number of hydrogen-bond donors (Lipinski definition) is 19. The molecule has 20 atom stereocenters. The molecule has 115 heavy (non-hydrogen) atoms. The van der Waals surface area contributed by atoms with Crippen LogP contribution in [0.3, 0.4) is 0 Å². The van der Waals surface area contributed by atoms with Crippen molar-refractivity contribution in [2.24, 2.45) is 0 Å². The minimum Gasteiger partial charge on any atom is -0.479 e. The van der Waals surface area contributed by atoms with Crippen LogP contribution in [0.15, 0.2) is 0 Å². The fourth-order valence-electron chi connectivity index (χ4n) is 11.4. The number of aliphatic hydroxyl groups excluding tert-OH is 8. The summed E-state index contributed by atoms with van der Waals surface area (Å²) >= 11 is 0. The topological polar surface area (TPSA) is 697 Å². The van der Waals surface area contributed by atoms with Gasteiger partial charge < -0.3 is 148 Å². The first kappa shape index (κ1) is 103. The van der Waals surface area contributed by atoms with Crippen molar-refractivity contribution in [3.05, 3.63) is 0 Å². The highest BCUT2D eigenvalue weighted by molar-refractivity contribution is 7.84. The molecule has 4 saturated heterocycles. The molecule has 4 aliphatic rings. The molecule has 4 fully saturated rings. The van der Waals surface area contributed by atoms with Crippen LogP contribution in [0.4, 0.5) is 0 Å². The van der Waals surface area contributed by atoms with Gasteiger partial charge in [0, 0.05) is 78.3 Å². The molecule has 0 spiro atoms. The Kier molecular flexibility index (Phi) is 50.2. The Morgan fingerprint density at radius 3 is 1.01 bits per heavy atom. The summed E-state index contributed by atoms with van der Waals surface area (Å²) in [6.07, 6.45) is -28.8. The van der Waals surface area contributed by atoms with Crippen LogP contribution < -0.4 is 30.7 Å². The summed E-state index contributed by atoms with van der Waals surface area (Å²) in [4.78, 5) is 73.1. The molecule has 672 valence electrons. The number of carboxylic acid groups (broad SMARTS) is 2. The number of unbranched alkanes of at least 4 members (excludes halogenated alkanes) is 6. The monoisotopic (exact) mass is 1740 g/mol. The third-order valence-electron chi connectivity index (χ3n) is 17.4. The molecule has 19 N–H and O–H groups in total. The molecule has 0 aromatic carbocycles. The van der Waals surface area contributed by atoms with Gasteiger partial charge in [0.05, 0.1) is 105 Å². The number of carbonyl (C=O) groups excluding carboxylic acids is 4. The third-order valence-corrected chi connectivity index (χ3v) is 18.9. The predicted molar refractivity (Wildman–Crippen MR) is 383 cm³/mol. The van der Waals surface area contributed by atoms with Crippen molar-refractivity contribution >= 4 is 66.6 Å². The van der Waals surface area contributed by atoms with Crippen molar-refractivity contribution < 1.29 is 199 Å². The van der Waals surface area contributed by atoms with Crippen LogP contribution in [-0.2, 0) is 140 Å². The highest BCUT2D eigenvalue weighted by atomic mass is 32.3. The van der Waals surface area contributed by atoms with Gasteiger partial charge in [-0.25, -0.2) is 13.8 Å². The fraction of sp³-hybridized carbons (Fsp3) is 0.906. The molecule has 4 heterocycles. The van der Waals surface area contributed by atoms with Gasteiger partial charge in [-0.3, -0.25) is 32.8 Å². The van der Waals surface area contributed by atoms with Crippen molar-refractivity contribution in [2.75, 3.05) is 152 Å². The zero-order valence-corrected chi connectivity index (χ0v) is 66.0. The molecule has 20 unspecified atom stereocenters. The summed E-state index contributed by atoms with van der Waals surface area (Å²) in [5, 5.41) is 116. The summed E-state index contributed by atoms with van der Waals surface area (Å²) in [5.41, 5.74) is 0. The van der Waals surface area contributed by atoms with Crippen molar-refractivity contribution in [1.29, 1.82) is 0 Å². The molecule has 0 saturated carbocycles. The van der Waals surface area contributed by atoms with Crippen molar-refractivity contribution in [2.45, 2.75) is 220 Å². The smallest absolute Gasteiger partial charge is 0.397 e. The number of aliphatic carboxylic acids is 2. The van der Waals surface area contributed by atoms with Crippen molar-refractivity contribution in [1.82, 2.24) is 30.7 Å². The van der Waals surface area contributed by atoms with Gasteiger partial charge in [-0.05, 0) is 38.5 Å². The van der Waals surface area contributed by atoms with E-state index in [1.807, 2.05) is 0 Å². The van der Waals surface area contributed by atoms with E-state index < -0.39 is 172 Å². The van der Waals surface area contributed by atoms with Crippen LogP contribution in [-0.4, -0.2) is 400 Å². The summed E-state index contributed by atoms with van der Waals surface area (Å²) in [7, 11) is -15.3. The van der Waals surface area contributed by atoms with E-state index in [1.54, 1.807) is 11.6 Å². The molecule has 0 bridgehead atoms. The average molecular weight is 1740 g/mol. The maximum atomic E-state index is 12.2. The van der Waals surface area contributed by atoms with Crippen LogP contribution >= 0.6 is 0 Å². The molecule has 0 aromatic rings. The van der Waals surface area contributed by atoms with Gasteiger partial charge in [-0.1, -0.05) is 32.6 Å². The summed E-state index contributed by atoms with van der Waals surface area (Å²) in [5.74, 6) is -4.27.